The number of rotatable bonds is 8. The van der Waals surface area contributed by atoms with Crippen molar-refractivity contribution in [2.24, 2.45) is 0 Å². The molecule has 1 aromatic heterocycles. The summed E-state index contributed by atoms with van der Waals surface area (Å²) in [6, 6.07) is 2.11. The number of nitrogens with zero attached hydrogens (tertiary/aromatic N) is 1. The van der Waals surface area contributed by atoms with Crippen LogP contribution in [0.5, 0.6) is 0 Å². The van der Waals surface area contributed by atoms with Crippen LogP contribution in [0.2, 0.25) is 0 Å². The highest BCUT2D eigenvalue weighted by Gasteiger charge is 2.10. The summed E-state index contributed by atoms with van der Waals surface area (Å²) >= 11 is 0. The van der Waals surface area contributed by atoms with Gasteiger partial charge in [-0.25, -0.2) is 0 Å². The molecule has 1 aromatic rings. The average Bonchev–Trinajstić information content (AvgIpc) is 2.83. The van der Waals surface area contributed by atoms with Gasteiger partial charge in [0.1, 0.15) is 11.5 Å². The quantitative estimate of drug-likeness (QED) is 0.743. The first-order valence-corrected chi connectivity index (χ1v) is 7.88. The first-order valence-electron chi connectivity index (χ1n) is 7.88. The number of aryl methyl sites for hydroxylation is 1. The number of hydrogen-bond acceptors (Lipinski definition) is 4. The van der Waals surface area contributed by atoms with Gasteiger partial charge in [0.05, 0.1) is 19.8 Å². The van der Waals surface area contributed by atoms with E-state index in [-0.39, 0.29) is 0 Å². The summed E-state index contributed by atoms with van der Waals surface area (Å²) in [7, 11) is 0. The van der Waals surface area contributed by atoms with E-state index in [0.29, 0.717) is 6.61 Å². The first kappa shape index (κ1) is 15.5. The molecule has 4 nitrogen and oxygen atoms in total. The molecule has 20 heavy (non-hydrogen) atoms. The van der Waals surface area contributed by atoms with E-state index in [4.69, 9.17) is 9.15 Å². The summed E-state index contributed by atoms with van der Waals surface area (Å²) in [5.41, 5.74) is 1.18. The molecule has 1 N–H and O–H groups in total. The Morgan fingerprint density at radius 1 is 1.30 bits per heavy atom. The van der Waals surface area contributed by atoms with E-state index < -0.39 is 0 Å². The normalized spacial score (nSPS) is 16.7. The molecule has 0 spiro atoms. The lowest BCUT2D eigenvalue weighted by molar-refractivity contribution is 0.0857. The molecule has 0 bridgehead atoms. The van der Waals surface area contributed by atoms with Gasteiger partial charge in [0.25, 0.3) is 0 Å². The Morgan fingerprint density at radius 3 is 2.85 bits per heavy atom. The van der Waals surface area contributed by atoms with Crippen molar-refractivity contribution in [2.45, 2.75) is 46.3 Å². The molecule has 0 unspecified atom stereocenters. The van der Waals surface area contributed by atoms with Crippen LogP contribution in [-0.2, 0) is 17.9 Å². The zero-order chi connectivity index (χ0) is 14.2. The van der Waals surface area contributed by atoms with E-state index >= 15 is 0 Å². The number of ether oxygens (including phenoxy) is 1. The lowest BCUT2D eigenvalue weighted by Crippen LogP contribution is -2.32. The van der Waals surface area contributed by atoms with E-state index in [1.165, 1.54) is 37.9 Å². The highest BCUT2D eigenvalue weighted by molar-refractivity contribution is 5.19. The molecule has 0 saturated carbocycles. The van der Waals surface area contributed by atoms with Crippen LogP contribution in [0.1, 0.15) is 43.3 Å². The van der Waals surface area contributed by atoms with Gasteiger partial charge in [0, 0.05) is 12.1 Å². The van der Waals surface area contributed by atoms with Gasteiger partial charge < -0.3 is 19.4 Å². The maximum Gasteiger partial charge on any atom is 0.118 e. The van der Waals surface area contributed by atoms with Gasteiger partial charge in [0.15, 0.2) is 0 Å². The summed E-state index contributed by atoms with van der Waals surface area (Å²) in [5.74, 6) is 1.98. The highest BCUT2D eigenvalue weighted by Crippen LogP contribution is 2.15. The Labute approximate surface area is 122 Å². The van der Waals surface area contributed by atoms with Crippen molar-refractivity contribution in [2.75, 3.05) is 32.8 Å². The topological polar surface area (TPSA) is 37.6 Å². The van der Waals surface area contributed by atoms with Crippen molar-refractivity contribution in [1.29, 1.82) is 0 Å². The first-order chi connectivity index (χ1) is 9.79. The van der Waals surface area contributed by atoms with Gasteiger partial charge >= 0.3 is 0 Å². The minimum Gasteiger partial charge on any atom is -0.465 e. The van der Waals surface area contributed by atoms with Crippen molar-refractivity contribution in [1.82, 2.24) is 10.2 Å². The zero-order valence-electron chi connectivity index (χ0n) is 12.9. The number of likely N-dealkylation sites (tertiary alicyclic amines) is 1. The van der Waals surface area contributed by atoms with Crippen LogP contribution in [0, 0.1) is 6.92 Å². The molecule has 0 aliphatic carbocycles. The molecular formula is C16H28N2O2. The summed E-state index contributed by atoms with van der Waals surface area (Å²) in [4.78, 5) is 2.50. The fourth-order valence-electron chi connectivity index (χ4n) is 2.63. The van der Waals surface area contributed by atoms with Crippen LogP contribution in [0.3, 0.4) is 0 Å². The van der Waals surface area contributed by atoms with E-state index in [9.17, 15) is 0 Å². The second kappa shape index (κ2) is 8.45. The highest BCUT2D eigenvalue weighted by atomic mass is 16.5. The van der Waals surface area contributed by atoms with Gasteiger partial charge in [-0.05, 0) is 45.5 Å². The second-order valence-corrected chi connectivity index (χ2v) is 5.53. The smallest absolute Gasteiger partial charge is 0.118 e. The number of hydrogen-bond donors (Lipinski definition) is 1. The summed E-state index contributed by atoms with van der Waals surface area (Å²) in [5, 5.41) is 3.27. The Balaban J connectivity index is 1.66. The molecule has 114 valence electrons. The van der Waals surface area contributed by atoms with Gasteiger partial charge in [-0.2, -0.15) is 0 Å². The van der Waals surface area contributed by atoms with E-state index in [1.54, 1.807) is 0 Å². The predicted octanol–water partition coefficient (Wildman–Crippen LogP) is 2.70. The number of furan rings is 1. The van der Waals surface area contributed by atoms with Gasteiger partial charge in [-0.15, -0.1) is 0 Å². The predicted molar refractivity (Wildman–Crippen MR) is 80.8 cm³/mol. The van der Waals surface area contributed by atoms with Gasteiger partial charge in [0.2, 0.25) is 0 Å². The maximum absolute atomic E-state index is 5.80. The van der Waals surface area contributed by atoms with Crippen molar-refractivity contribution >= 4 is 0 Å². The van der Waals surface area contributed by atoms with Crippen molar-refractivity contribution < 1.29 is 9.15 Å². The molecule has 1 aliphatic heterocycles. The molecule has 1 aliphatic rings. The number of piperidine rings is 1. The third kappa shape index (κ3) is 4.93. The van der Waals surface area contributed by atoms with E-state index in [0.717, 1.165) is 37.8 Å². The fraction of sp³-hybridized carbons (Fsp3) is 0.750. The van der Waals surface area contributed by atoms with E-state index in [2.05, 4.69) is 23.2 Å². The molecule has 0 radical (unpaired) electrons. The monoisotopic (exact) mass is 280 g/mol. The zero-order valence-corrected chi connectivity index (χ0v) is 12.9. The minimum atomic E-state index is 0.662. The Hall–Kier alpha value is -0.840. The molecule has 2 rings (SSSR count). The molecule has 4 heteroatoms. The fourth-order valence-corrected chi connectivity index (χ4v) is 2.63. The van der Waals surface area contributed by atoms with Crippen molar-refractivity contribution in [3.05, 3.63) is 23.2 Å². The van der Waals surface area contributed by atoms with Crippen LogP contribution >= 0.6 is 0 Å². The molecule has 0 amide bonds. The third-order valence-corrected chi connectivity index (χ3v) is 3.88. The van der Waals surface area contributed by atoms with E-state index in [1.807, 2.05) is 6.92 Å². The lowest BCUT2D eigenvalue weighted by atomic mass is 10.1. The van der Waals surface area contributed by atoms with Gasteiger partial charge in [-0.1, -0.05) is 13.3 Å². The largest absolute Gasteiger partial charge is 0.465 e. The minimum absolute atomic E-state index is 0.662. The van der Waals surface area contributed by atoms with Crippen molar-refractivity contribution in [3.8, 4) is 0 Å². The third-order valence-electron chi connectivity index (χ3n) is 3.88. The Bertz CT molecular complexity index is 384. The summed E-state index contributed by atoms with van der Waals surface area (Å²) in [6.07, 6.45) is 4.07. The number of nitrogens with one attached hydrogen (secondary N) is 1. The van der Waals surface area contributed by atoms with Crippen LogP contribution in [0.4, 0.5) is 0 Å². The molecule has 0 atom stereocenters. The maximum atomic E-state index is 5.80. The average molecular weight is 280 g/mol. The molecule has 2 heterocycles. The van der Waals surface area contributed by atoms with Gasteiger partial charge in [-0.3, -0.25) is 0 Å². The summed E-state index contributed by atoms with van der Waals surface area (Å²) < 4.78 is 11.5. The Morgan fingerprint density at radius 2 is 2.10 bits per heavy atom. The SMILES string of the molecule is CCNCc1cc(COCCN2CCCCC2)c(C)o1. The molecule has 1 saturated heterocycles. The Kier molecular flexibility index (Phi) is 6.57. The van der Waals surface area contributed by atoms with Crippen molar-refractivity contribution in [3.63, 3.8) is 0 Å². The molecular weight excluding hydrogens is 252 g/mol. The lowest BCUT2D eigenvalue weighted by Gasteiger charge is -2.26. The molecule has 0 aromatic carbocycles. The standard InChI is InChI=1S/C16H28N2O2/c1-3-17-12-16-11-15(14(2)20-16)13-19-10-9-18-7-5-4-6-8-18/h11,17H,3-10,12-13H2,1-2H3. The second-order valence-electron chi connectivity index (χ2n) is 5.53. The van der Waals surface area contributed by atoms with Crippen LogP contribution in [0.15, 0.2) is 10.5 Å². The van der Waals surface area contributed by atoms with Crippen LogP contribution < -0.4 is 5.32 Å². The molecule has 1 fully saturated rings. The van der Waals surface area contributed by atoms with Crippen LogP contribution in [0.25, 0.3) is 0 Å². The van der Waals surface area contributed by atoms with Crippen LogP contribution in [-0.4, -0.2) is 37.7 Å². The summed E-state index contributed by atoms with van der Waals surface area (Å²) in [6.45, 7) is 10.9.